The number of aromatic nitrogens is 2. The van der Waals surface area contributed by atoms with E-state index in [1.54, 1.807) is 0 Å². The molecule has 5 heteroatoms. The number of anilines is 2. The van der Waals surface area contributed by atoms with Gasteiger partial charge in [-0.1, -0.05) is 18.6 Å². The van der Waals surface area contributed by atoms with Gasteiger partial charge in [-0.15, -0.1) is 0 Å². The highest BCUT2D eigenvalue weighted by atomic mass is 16.5. The fourth-order valence-electron chi connectivity index (χ4n) is 4.17. The van der Waals surface area contributed by atoms with Crippen molar-refractivity contribution in [2.45, 2.75) is 57.3 Å². The summed E-state index contributed by atoms with van der Waals surface area (Å²) in [5.74, 6) is 1.61. The van der Waals surface area contributed by atoms with Crippen LogP contribution in [0.1, 0.15) is 54.7 Å². The molecule has 0 atom stereocenters. The lowest BCUT2D eigenvalue weighted by Gasteiger charge is -2.39. The molecule has 5 nitrogen and oxygen atoms in total. The fourth-order valence-corrected chi connectivity index (χ4v) is 4.17. The molecule has 136 valence electrons. The number of carbonyl (C=O) groups is 1. The first kappa shape index (κ1) is 17.0. The van der Waals surface area contributed by atoms with Gasteiger partial charge >= 0.3 is 5.97 Å². The number of rotatable bonds is 4. The molecule has 1 heterocycles. The highest BCUT2D eigenvalue weighted by Gasteiger charge is 2.46. The van der Waals surface area contributed by atoms with Crippen molar-refractivity contribution in [2.24, 2.45) is 0 Å². The van der Waals surface area contributed by atoms with E-state index in [9.17, 15) is 4.79 Å². The highest BCUT2D eigenvalue weighted by molar-refractivity contribution is 5.84. The van der Waals surface area contributed by atoms with Crippen molar-refractivity contribution in [3.05, 3.63) is 46.9 Å². The minimum Gasteiger partial charge on any atom is -0.468 e. The summed E-state index contributed by atoms with van der Waals surface area (Å²) in [5.41, 5.74) is 4.01. The van der Waals surface area contributed by atoms with Crippen LogP contribution in [-0.4, -0.2) is 23.0 Å². The molecule has 0 radical (unpaired) electrons. The third-order valence-corrected chi connectivity index (χ3v) is 5.78. The van der Waals surface area contributed by atoms with Gasteiger partial charge in [0.2, 0.25) is 0 Å². The molecule has 0 amide bonds. The van der Waals surface area contributed by atoms with Crippen molar-refractivity contribution in [1.82, 2.24) is 9.97 Å². The number of nitrogens with zero attached hydrogens (tertiary/aromatic N) is 2. The largest absolute Gasteiger partial charge is 0.468 e. The van der Waals surface area contributed by atoms with E-state index in [1.807, 2.05) is 31.2 Å². The second kappa shape index (κ2) is 6.71. The zero-order chi connectivity index (χ0) is 18.1. The lowest BCUT2D eigenvalue weighted by molar-refractivity contribution is -0.151. The average Bonchev–Trinajstić information content (AvgIpc) is 2.62. The van der Waals surface area contributed by atoms with Crippen molar-refractivity contribution >= 4 is 17.5 Å². The van der Waals surface area contributed by atoms with Crippen molar-refractivity contribution in [3.63, 3.8) is 0 Å². The number of hydrogen-bond acceptors (Lipinski definition) is 5. The van der Waals surface area contributed by atoms with Gasteiger partial charge in [-0.05, 0) is 63.1 Å². The van der Waals surface area contributed by atoms with Gasteiger partial charge in [-0.25, -0.2) is 9.97 Å². The topological polar surface area (TPSA) is 64.1 Å². The number of fused-ring (bicyclic) bond motifs is 1. The first-order chi connectivity index (χ1) is 12.6. The molecule has 1 saturated carbocycles. The molecule has 1 aromatic heterocycles. The van der Waals surface area contributed by atoms with Crippen LogP contribution in [-0.2, 0) is 27.8 Å². The van der Waals surface area contributed by atoms with Gasteiger partial charge in [0.1, 0.15) is 11.6 Å². The monoisotopic (exact) mass is 351 g/mol. The molecule has 0 unspecified atom stereocenters. The Morgan fingerprint density at radius 1 is 1.08 bits per heavy atom. The first-order valence-electron chi connectivity index (χ1n) is 9.45. The van der Waals surface area contributed by atoms with Gasteiger partial charge in [0.05, 0.1) is 12.5 Å². The van der Waals surface area contributed by atoms with Crippen molar-refractivity contribution in [1.29, 1.82) is 0 Å². The van der Waals surface area contributed by atoms with E-state index in [0.29, 0.717) is 0 Å². The summed E-state index contributed by atoms with van der Waals surface area (Å²) in [5, 5.41) is 3.46. The zero-order valence-corrected chi connectivity index (χ0v) is 15.5. The number of methoxy groups -OCH3 is 1. The van der Waals surface area contributed by atoms with Crippen molar-refractivity contribution < 1.29 is 9.53 Å². The predicted molar refractivity (Wildman–Crippen MR) is 101 cm³/mol. The molecule has 1 fully saturated rings. The lowest BCUT2D eigenvalue weighted by Crippen LogP contribution is -2.43. The third-order valence-electron chi connectivity index (χ3n) is 5.78. The van der Waals surface area contributed by atoms with Crippen LogP contribution >= 0.6 is 0 Å². The fraction of sp³-hybridized carbons (Fsp3) is 0.476. The molecule has 2 aliphatic rings. The highest BCUT2D eigenvalue weighted by Crippen LogP contribution is 2.45. The van der Waals surface area contributed by atoms with Crippen LogP contribution in [0.15, 0.2) is 24.3 Å². The minimum absolute atomic E-state index is 0.120. The van der Waals surface area contributed by atoms with Crippen LogP contribution in [0.3, 0.4) is 0 Å². The maximum atomic E-state index is 12.2. The van der Waals surface area contributed by atoms with Crippen LogP contribution in [0.5, 0.6) is 0 Å². The van der Waals surface area contributed by atoms with E-state index in [4.69, 9.17) is 4.74 Å². The zero-order valence-electron chi connectivity index (χ0n) is 15.5. The van der Waals surface area contributed by atoms with E-state index in [0.717, 1.165) is 55.0 Å². The normalized spacial score (nSPS) is 17.8. The average molecular weight is 351 g/mol. The Kier molecular flexibility index (Phi) is 4.39. The molecule has 2 aromatic rings. The quantitative estimate of drug-likeness (QED) is 0.844. The van der Waals surface area contributed by atoms with Crippen molar-refractivity contribution in [2.75, 3.05) is 12.4 Å². The summed E-state index contributed by atoms with van der Waals surface area (Å²) in [4.78, 5) is 21.5. The molecule has 1 aromatic carbocycles. The Balaban J connectivity index is 1.59. The standard InChI is InChI=1S/C21H25N3O2/c1-14-22-18-7-4-3-6-17(18)19(23-14)24-16-10-8-15(9-11-16)21(12-5-13-21)20(25)26-2/h8-11H,3-7,12-13H2,1-2H3,(H,22,23,24). The predicted octanol–water partition coefficient (Wildman–Crippen LogP) is 4.00. The molecular weight excluding hydrogens is 326 g/mol. The van der Waals surface area contributed by atoms with Gasteiger partial charge < -0.3 is 10.1 Å². The third kappa shape index (κ3) is 2.85. The molecular formula is C21H25N3O2. The van der Waals surface area contributed by atoms with E-state index in [2.05, 4.69) is 15.3 Å². The van der Waals surface area contributed by atoms with Crippen LogP contribution in [0.2, 0.25) is 0 Å². The summed E-state index contributed by atoms with van der Waals surface area (Å²) in [6, 6.07) is 8.15. The van der Waals surface area contributed by atoms with Crippen LogP contribution in [0.4, 0.5) is 11.5 Å². The number of aryl methyl sites for hydroxylation is 2. The molecule has 26 heavy (non-hydrogen) atoms. The first-order valence-corrected chi connectivity index (χ1v) is 9.45. The Morgan fingerprint density at radius 2 is 1.81 bits per heavy atom. The number of hydrogen-bond donors (Lipinski definition) is 1. The SMILES string of the molecule is COC(=O)C1(c2ccc(Nc3nc(C)nc4c3CCCC4)cc2)CCC1. The van der Waals surface area contributed by atoms with Crippen LogP contribution in [0, 0.1) is 6.92 Å². The Bertz CT molecular complexity index is 826. The van der Waals surface area contributed by atoms with E-state index in [1.165, 1.54) is 31.2 Å². The molecule has 0 bridgehead atoms. The maximum Gasteiger partial charge on any atom is 0.316 e. The van der Waals surface area contributed by atoms with E-state index >= 15 is 0 Å². The molecule has 0 saturated heterocycles. The van der Waals surface area contributed by atoms with Gasteiger partial charge in [-0.2, -0.15) is 0 Å². The van der Waals surface area contributed by atoms with E-state index < -0.39 is 5.41 Å². The number of carbonyl (C=O) groups excluding carboxylic acids is 1. The van der Waals surface area contributed by atoms with Crippen LogP contribution in [0.25, 0.3) is 0 Å². The smallest absolute Gasteiger partial charge is 0.316 e. The molecule has 0 aliphatic heterocycles. The maximum absolute atomic E-state index is 12.2. The van der Waals surface area contributed by atoms with Crippen molar-refractivity contribution in [3.8, 4) is 0 Å². The number of benzene rings is 1. The number of esters is 1. The molecule has 2 aliphatic carbocycles. The number of nitrogens with one attached hydrogen (secondary N) is 1. The minimum atomic E-state index is -0.446. The molecule has 4 rings (SSSR count). The Morgan fingerprint density at radius 3 is 2.46 bits per heavy atom. The van der Waals surface area contributed by atoms with Gasteiger partial charge in [-0.3, -0.25) is 4.79 Å². The van der Waals surface area contributed by atoms with E-state index in [-0.39, 0.29) is 5.97 Å². The van der Waals surface area contributed by atoms with Gasteiger partial charge in [0, 0.05) is 16.9 Å². The summed E-state index contributed by atoms with van der Waals surface area (Å²) >= 11 is 0. The van der Waals surface area contributed by atoms with Crippen LogP contribution < -0.4 is 5.32 Å². The summed E-state index contributed by atoms with van der Waals surface area (Å²) in [6.45, 7) is 1.94. The second-order valence-corrected chi connectivity index (χ2v) is 7.38. The summed E-state index contributed by atoms with van der Waals surface area (Å²) in [7, 11) is 1.47. The number of ether oxygens (including phenoxy) is 1. The Hall–Kier alpha value is -2.43. The summed E-state index contributed by atoms with van der Waals surface area (Å²) < 4.78 is 5.04. The second-order valence-electron chi connectivity index (χ2n) is 7.38. The molecule has 0 spiro atoms. The van der Waals surface area contributed by atoms with Gasteiger partial charge in [0.15, 0.2) is 0 Å². The van der Waals surface area contributed by atoms with Gasteiger partial charge in [0.25, 0.3) is 0 Å². The summed E-state index contributed by atoms with van der Waals surface area (Å²) in [6.07, 6.45) is 7.26. The lowest BCUT2D eigenvalue weighted by atomic mass is 9.64. The Labute approximate surface area is 154 Å². The molecule has 1 N–H and O–H groups in total.